The highest BCUT2D eigenvalue weighted by atomic mass is 32.2. The van der Waals surface area contributed by atoms with Crippen LogP contribution >= 0.6 is 0 Å². The van der Waals surface area contributed by atoms with Crippen LogP contribution in [-0.4, -0.2) is 58.2 Å². The Hall–Kier alpha value is -1.44. The van der Waals surface area contributed by atoms with E-state index in [0.717, 1.165) is 11.9 Å². The van der Waals surface area contributed by atoms with Crippen LogP contribution in [-0.2, 0) is 19.6 Å². The second-order valence-electron chi connectivity index (χ2n) is 4.88. The molecule has 0 N–H and O–H groups in total. The smallest absolute Gasteiger partial charge is 0.228 e. The van der Waals surface area contributed by atoms with E-state index < -0.39 is 10.0 Å². The molecule has 0 unspecified atom stereocenters. The van der Waals surface area contributed by atoms with Gasteiger partial charge in [0.05, 0.1) is 12.9 Å². The molecule has 1 aromatic rings. The Morgan fingerprint density at radius 3 is 2.32 bits per heavy atom. The van der Waals surface area contributed by atoms with Crippen LogP contribution in [0.15, 0.2) is 30.3 Å². The number of ether oxygens (including phenoxy) is 1. The van der Waals surface area contributed by atoms with Gasteiger partial charge in [0.25, 0.3) is 0 Å². The summed E-state index contributed by atoms with van der Waals surface area (Å²) in [7, 11) is -1.83. The van der Waals surface area contributed by atoms with E-state index in [1.54, 1.807) is 4.90 Å². The van der Waals surface area contributed by atoms with E-state index in [4.69, 9.17) is 4.74 Å². The number of hydrogen-bond acceptors (Lipinski definition) is 4. The summed E-state index contributed by atoms with van der Waals surface area (Å²) in [6, 6.07) is 9.35. The highest BCUT2D eigenvalue weighted by molar-refractivity contribution is 7.88. The van der Waals surface area contributed by atoms with E-state index in [2.05, 4.69) is 0 Å². The van der Waals surface area contributed by atoms with Gasteiger partial charge in [0.1, 0.15) is 0 Å². The lowest BCUT2D eigenvalue weighted by atomic mass is 10.2. The fourth-order valence-corrected chi connectivity index (χ4v) is 2.93. The van der Waals surface area contributed by atoms with Gasteiger partial charge in [-0.2, -0.15) is 4.31 Å². The molecule has 124 valence electrons. The maximum atomic E-state index is 12.4. The first-order chi connectivity index (χ1) is 10.4. The second-order valence-corrected chi connectivity index (χ2v) is 6.86. The summed E-state index contributed by atoms with van der Waals surface area (Å²) in [6.45, 7) is 3.14. The van der Waals surface area contributed by atoms with Gasteiger partial charge in [-0.1, -0.05) is 18.2 Å². The largest absolute Gasteiger partial charge is 0.383 e. The summed E-state index contributed by atoms with van der Waals surface area (Å²) in [5, 5.41) is 0. The van der Waals surface area contributed by atoms with Crippen molar-refractivity contribution < 1.29 is 17.9 Å². The quantitative estimate of drug-likeness (QED) is 0.686. The molecule has 0 heterocycles. The van der Waals surface area contributed by atoms with E-state index in [-0.39, 0.29) is 25.4 Å². The normalized spacial score (nSPS) is 11.6. The summed E-state index contributed by atoms with van der Waals surface area (Å²) < 4.78 is 29.6. The monoisotopic (exact) mass is 328 g/mol. The van der Waals surface area contributed by atoms with Crippen LogP contribution in [0.3, 0.4) is 0 Å². The van der Waals surface area contributed by atoms with E-state index in [1.165, 1.54) is 11.4 Å². The summed E-state index contributed by atoms with van der Waals surface area (Å²) in [5.74, 6) is -0.0974. The van der Waals surface area contributed by atoms with Gasteiger partial charge < -0.3 is 9.64 Å². The number of hydrogen-bond donors (Lipinski definition) is 0. The van der Waals surface area contributed by atoms with Crippen LogP contribution in [0, 0.1) is 0 Å². The Labute approximate surface area is 132 Å². The molecule has 0 saturated carbocycles. The third-order valence-electron chi connectivity index (χ3n) is 3.27. The first kappa shape index (κ1) is 18.6. The summed E-state index contributed by atoms with van der Waals surface area (Å²) in [5.41, 5.74) is 0.817. The van der Waals surface area contributed by atoms with Gasteiger partial charge in [-0.15, -0.1) is 0 Å². The van der Waals surface area contributed by atoms with Crippen molar-refractivity contribution in [1.29, 1.82) is 0 Å². The average molecular weight is 328 g/mol. The van der Waals surface area contributed by atoms with E-state index in [0.29, 0.717) is 13.2 Å². The van der Waals surface area contributed by atoms with Crippen molar-refractivity contribution in [1.82, 2.24) is 4.31 Å². The number of benzene rings is 1. The minimum atomic E-state index is -3.35. The standard InChI is InChI=1S/C15H24N2O4S/c1-4-17(14-8-6-5-7-9-14)15(18)10-11-16(12-13-21-2)22(3,19)20/h5-9H,4,10-13H2,1-3H3. The van der Waals surface area contributed by atoms with Gasteiger partial charge in [-0.25, -0.2) is 8.42 Å². The molecule has 1 aromatic carbocycles. The molecule has 0 aliphatic heterocycles. The Kier molecular flexibility index (Phi) is 7.50. The molecule has 6 nitrogen and oxygen atoms in total. The molecule has 0 radical (unpaired) electrons. The topological polar surface area (TPSA) is 66.9 Å². The van der Waals surface area contributed by atoms with Crippen molar-refractivity contribution in [3.63, 3.8) is 0 Å². The third kappa shape index (κ3) is 5.75. The van der Waals surface area contributed by atoms with Crippen LogP contribution < -0.4 is 4.90 Å². The fourth-order valence-electron chi connectivity index (χ4n) is 2.10. The number of methoxy groups -OCH3 is 1. The lowest BCUT2D eigenvalue weighted by Crippen LogP contribution is -2.38. The second kappa shape index (κ2) is 8.87. The van der Waals surface area contributed by atoms with Crippen LogP contribution in [0.1, 0.15) is 13.3 Å². The highest BCUT2D eigenvalue weighted by Crippen LogP contribution is 2.14. The third-order valence-corrected chi connectivity index (χ3v) is 4.58. The molecule has 0 bridgehead atoms. The van der Waals surface area contributed by atoms with Gasteiger partial charge in [0.2, 0.25) is 15.9 Å². The van der Waals surface area contributed by atoms with Crippen molar-refractivity contribution in [3.8, 4) is 0 Å². The molecule has 0 saturated heterocycles. The zero-order chi connectivity index (χ0) is 16.6. The predicted octanol–water partition coefficient (Wildman–Crippen LogP) is 1.34. The Bertz CT molecular complexity index is 560. The first-order valence-electron chi connectivity index (χ1n) is 7.19. The molecule has 1 amide bonds. The van der Waals surface area contributed by atoms with E-state index in [1.807, 2.05) is 37.3 Å². The summed E-state index contributed by atoms with van der Waals surface area (Å²) in [4.78, 5) is 14.0. The lowest BCUT2D eigenvalue weighted by Gasteiger charge is -2.24. The van der Waals surface area contributed by atoms with Gasteiger partial charge >= 0.3 is 0 Å². The summed E-state index contributed by atoms with van der Waals surface area (Å²) >= 11 is 0. The molecular formula is C15H24N2O4S. The van der Waals surface area contributed by atoms with Gasteiger partial charge in [0.15, 0.2) is 0 Å². The number of carbonyl (C=O) groups is 1. The number of carbonyl (C=O) groups excluding carboxylic acids is 1. The molecule has 0 atom stereocenters. The van der Waals surface area contributed by atoms with Crippen molar-refractivity contribution in [2.75, 3.05) is 44.5 Å². The fraction of sp³-hybridized carbons (Fsp3) is 0.533. The van der Waals surface area contributed by atoms with Gasteiger partial charge in [-0.05, 0) is 19.1 Å². The molecule has 1 rings (SSSR count). The average Bonchev–Trinajstić information content (AvgIpc) is 2.47. The van der Waals surface area contributed by atoms with Crippen molar-refractivity contribution in [2.45, 2.75) is 13.3 Å². The number of anilines is 1. The number of amides is 1. The Morgan fingerprint density at radius 2 is 1.82 bits per heavy atom. The molecule has 0 spiro atoms. The first-order valence-corrected chi connectivity index (χ1v) is 9.04. The minimum Gasteiger partial charge on any atom is -0.383 e. The molecule has 0 aromatic heterocycles. The minimum absolute atomic E-state index is 0.0974. The van der Waals surface area contributed by atoms with Crippen molar-refractivity contribution in [2.24, 2.45) is 0 Å². The molecular weight excluding hydrogens is 304 g/mol. The van der Waals surface area contributed by atoms with Crippen molar-refractivity contribution >= 4 is 21.6 Å². The number of rotatable bonds is 9. The van der Waals surface area contributed by atoms with Crippen LogP contribution in [0.2, 0.25) is 0 Å². The maximum absolute atomic E-state index is 12.4. The molecule has 0 aliphatic rings. The zero-order valence-corrected chi connectivity index (χ0v) is 14.2. The van der Waals surface area contributed by atoms with Gasteiger partial charge in [-0.3, -0.25) is 4.79 Å². The zero-order valence-electron chi connectivity index (χ0n) is 13.4. The van der Waals surface area contributed by atoms with Crippen molar-refractivity contribution in [3.05, 3.63) is 30.3 Å². The maximum Gasteiger partial charge on any atom is 0.228 e. The van der Waals surface area contributed by atoms with Crippen LogP contribution in [0.5, 0.6) is 0 Å². The molecule has 7 heteroatoms. The van der Waals surface area contributed by atoms with E-state index >= 15 is 0 Å². The van der Waals surface area contributed by atoms with Crippen LogP contribution in [0.25, 0.3) is 0 Å². The lowest BCUT2D eigenvalue weighted by molar-refractivity contribution is -0.118. The molecule has 0 fully saturated rings. The SMILES string of the molecule is CCN(C(=O)CCN(CCOC)S(C)(=O)=O)c1ccccc1. The predicted molar refractivity (Wildman–Crippen MR) is 87.4 cm³/mol. The number of sulfonamides is 1. The number of nitrogens with zero attached hydrogens (tertiary/aromatic N) is 2. The van der Waals surface area contributed by atoms with Crippen LogP contribution in [0.4, 0.5) is 5.69 Å². The van der Waals surface area contributed by atoms with Gasteiger partial charge in [0, 0.05) is 38.9 Å². The van der Waals surface area contributed by atoms with E-state index in [9.17, 15) is 13.2 Å². The highest BCUT2D eigenvalue weighted by Gasteiger charge is 2.20. The summed E-state index contributed by atoms with van der Waals surface area (Å²) in [6.07, 6.45) is 1.28. The molecule has 0 aliphatic carbocycles. The number of para-hydroxylation sites is 1. The molecule has 22 heavy (non-hydrogen) atoms. The Balaban J connectivity index is 2.69. The Morgan fingerprint density at radius 1 is 1.18 bits per heavy atom.